The molecule has 1 aromatic carbocycles. The summed E-state index contributed by atoms with van der Waals surface area (Å²) in [4.78, 5) is 1.08. The van der Waals surface area contributed by atoms with E-state index in [1.165, 1.54) is 5.56 Å². The van der Waals surface area contributed by atoms with Gasteiger partial charge in [-0.15, -0.1) is 11.8 Å². The number of rotatable bonds is 5. The molecule has 0 unspecified atom stereocenters. The quantitative estimate of drug-likeness (QED) is 0.635. The standard InChI is InChI=1S/C11H14F3NS/c1-9-2-4-10(5-3-9)16-7-6-15-8-11(12,13)14/h2-5,15H,6-8H2,1H3. The zero-order valence-electron chi connectivity index (χ0n) is 8.97. The molecule has 0 saturated heterocycles. The Balaban J connectivity index is 2.14. The van der Waals surface area contributed by atoms with Crippen molar-refractivity contribution in [1.29, 1.82) is 0 Å². The highest BCUT2D eigenvalue weighted by Gasteiger charge is 2.25. The second-order valence-corrected chi connectivity index (χ2v) is 4.62. The molecule has 0 heterocycles. The number of alkyl halides is 3. The molecule has 5 heteroatoms. The minimum atomic E-state index is -4.12. The minimum absolute atomic E-state index is 0.359. The second kappa shape index (κ2) is 6.15. The van der Waals surface area contributed by atoms with Gasteiger partial charge in [0, 0.05) is 17.2 Å². The topological polar surface area (TPSA) is 12.0 Å². The predicted molar refractivity (Wildman–Crippen MR) is 60.8 cm³/mol. The summed E-state index contributed by atoms with van der Waals surface area (Å²) in [5.74, 6) is 0.638. The molecule has 0 aliphatic heterocycles. The lowest BCUT2D eigenvalue weighted by Crippen LogP contribution is -2.30. The van der Waals surface area contributed by atoms with Crippen molar-refractivity contribution in [3.8, 4) is 0 Å². The van der Waals surface area contributed by atoms with Crippen molar-refractivity contribution in [3.63, 3.8) is 0 Å². The Labute approximate surface area is 97.4 Å². The summed E-state index contributed by atoms with van der Waals surface area (Å²) in [5.41, 5.74) is 1.18. The molecule has 0 bridgehead atoms. The van der Waals surface area contributed by atoms with Gasteiger partial charge in [0.2, 0.25) is 0 Å². The van der Waals surface area contributed by atoms with E-state index in [0.29, 0.717) is 12.3 Å². The van der Waals surface area contributed by atoms with Crippen molar-refractivity contribution >= 4 is 11.8 Å². The van der Waals surface area contributed by atoms with Gasteiger partial charge in [0.25, 0.3) is 0 Å². The predicted octanol–water partition coefficient (Wildman–Crippen LogP) is 3.24. The van der Waals surface area contributed by atoms with E-state index in [2.05, 4.69) is 5.32 Å². The van der Waals surface area contributed by atoms with Gasteiger partial charge in [0.15, 0.2) is 0 Å². The van der Waals surface area contributed by atoms with Crippen molar-refractivity contribution in [1.82, 2.24) is 5.32 Å². The van der Waals surface area contributed by atoms with Gasteiger partial charge in [-0.2, -0.15) is 13.2 Å². The highest BCUT2D eigenvalue weighted by Crippen LogP contribution is 2.17. The Bertz CT molecular complexity index is 308. The molecule has 90 valence electrons. The average Bonchev–Trinajstić information content (AvgIpc) is 2.19. The van der Waals surface area contributed by atoms with Crippen LogP contribution in [-0.2, 0) is 0 Å². The van der Waals surface area contributed by atoms with Crippen LogP contribution in [0, 0.1) is 6.92 Å². The van der Waals surface area contributed by atoms with Gasteiger partial charge in [-0.05, 0) is 19.1 Å². The van der Waals surface area contributed by atoms with Gasteiger partial charge in [0.1, 0.15) is 0 Å². The summed E-state index contributed by atoms with van der Waals surface area (Å²) in [6.45, 7) is 1.44. The maximum Gasteiger partial charge on any atom is 0.401 e. The fourth-order valence-electron chi connectivity index (χ4n) is 1.11. The van der Waals surface area contributed by atoms with Crippen LogP contribution in [0.3, 0.4) is 0 Å². The normalized spacial score (nSPS) is 11.8. The van der Waals surface area contributed by atoms with E-state index in [9.17, 15) is 13.2 Å². The summed E-state index contributed by atoms with van der Waals surface area (Å²) in [6.07, 6.45) is -4.12. The Hall–Kier alpha value is -0.680. The maximum absolute atomic E-state index is 11.8. The van der Waals surface area contributed by atoms with E-state index in [1.54, 1.807) is 11.8 Å². The molecule has 0 saturated carbocycles. The number of thioether (sulfide) groups is 1. The van der Waals surface area contributed by atoms with Crippen LogP contribution in [0.2, 0.25) is 0 Å². The van der Waals surface area contributed by atoms with Gasteiger partial charge >= 0.3 is 6.18 Å². The molecule has 0 aliphatic rings. The Kier molecular flexibility index (Phi) is 5.15. The van der Waals surface area contributed by atoms with Crippen LogP contribution in [0.4, 0.5) is 13.2 Å². The van der Waals surface area contributed by atoms with Crippen molar-refractivity contribution in [2.45, 2.75) is 18.0 Å². The highest BCUT2D eigenvalue weighted by molar-refractivity contribution is 7.99. The first-order valence-corrected chi connectivity index (χ1v) is 5.93. The Morgan fingerprint density at radius 1 is 1.19 bits per heavy atom. The molecule has 1 rings (SSSR count). The molecule has 0 fully saturated rings. The van der Waals surface area contributed by atoms with E-state index in [4.69, 9.17) is 0 Å². The highest BCUT2D eigenvalue weighted by atomic mass is 32.2. The fraction of sp³-hybridized carbons (Fsp3) is 0.455. The third-order valence-corrected chi connectivity index (χ3v) is 2.91. The summed E-state index contributed by atoms with van der Waals surface area (Å²) in [5, 5.41) is 2.36. The summed E-state index contributed by atoms with van der Waals surface area (Å²) >= 11 is 1.55. The molecule has 0 aromatic heterocycles. The smallest absolute Gasteiger partial charge is 0.308 e. The van der Waals surface area contributed by atoms with Gasteiger partial charge in [-0.1, -0.05) is 17.7 Å². The van der Waals surface area contributed by atoms with E-state index < -0.39 is 12.7 Å². The van der Waals surface area contributed by atoms with Crippen molar-refractivity contribution < 1.29 is 13.2 Å². The lowest BCUT2D eigenvalue weighted by Gasteiger charge is -2.07. The number of nitrogens with one attached hydrogen (secondary N) is 1. The van der Waals surface area contributed by atoms with Crippen molar-refractivity contribution in [3.05, 3.63) is 29.8 Å². The third kappa shape index (κ3) is 6.02. The fourth-order valence-corrected chi connectivity index (χ4v) is 1.92. The number of hydrogen-bond donors (Lipinski definition) is 1. The SMILES string of the molecule is Cc1ccc(SCCNCC(F)(F)F)cc1. The number of halogens is 3. The zero-order valence-corrected chi connectivity index (χ0v) is 9.79. The van der Waals surface area contributed by atoms with E-state index in [0.717, 1.165) is 4.90 Å². The third-order valence-electron chi connectivity index (χ3n) is 1.89. The van der Waals surface area contributed by atoms with Crippen LogP contribution in [0.25, 0.3) is 0 Å². The molecule has 0 spiro atoms. The Morgan fingerprint density at radius 3 is 2.38 bits per heavy atom. The lowest BCUT2D eigenvalue weighted by molar-refractivity contribution is -0.124. The van der Waals surface area contributed by atoms with Gasteiger partial charge < -0.3 is 5.32 Å². The van der Waals surface area contributed by atoms with Crippen LogP contribution in [0.5, 0.6) is 0 Å². The zero-order chi connectivity index (χ0) is 12.0. The molecule has 0 radical (unpaired) electrons. The van der Waals surface area contributed by atoms with Crippen molar-refractivity contribution in [2.24, 2.45) is 0 Å². The molecule has 0 amide bonds. The van der Waals surface area contributed by atoms with Gasteiger partial charge in [0.05, 0.1) is 6.54 Å². The second-order valence-electron chi connectivity index (χ2n) is 3.45. The van der Waals surface area contributed by atoms with Crippen LogP contribution in [-0.4, -0.2) is 25.0 Å². The number of hydrogen-bond acceptors (Lipinski definition) is 2. The first-order valence-electron chi connectivity index (χ1n) is 4.94. The largest absolute Gasteiger partial charge is 0.401 e. The number of aryl methyl sites for hydroxylation is 1. The first kappa shape index (κ1) is 13.4. The summed E-state index contributed by atoms with van der Waals surface area (Å²) < 4.78 is 35.3. The summed E-state index contributed by atoms with van der Waals surface area (Å²) in [7, 11) is 0. The van der Waals surface area contributed by atoms with E-state index >= 15 is 0 Å². The van der Waals surface area contributed by atoms with Gasteiger partial charge in [-0.25, -0.2) is 0 Å². The molecule has 16 heavy (non-hydrogen) atoms. The van der Waals surface area contributed by atoms with Crippen LogP contribution in [0.1, 0.15) is 5.56 Å². The van der Waals surface area contributed by atoms with Crippen molar-refractivity contribution in [2.75, 3.05) is 18.8 Å². The molecule has 1 aromatic rings. The monoisotopic (exact) mass is 249 g/mol. The molecule has 0 aliphatic carbocycles. The first-order chi connectivity index (χ1) is 7.47. The lowest BCUT2D eigenvalue weighted by atomic mass is 10.2. The molecule has 1 N–H and O–H groups in total. The van der Waals surface area contributed by atoms with E-state index in [1.807, 2.05) is 31.2 Å². The molecule has 0 atom stereocenters. The van der Waals surface area contributed by atoms with Crippen LogP contribution >= 0.6 is 11.8 Å². The minimum Gasteiger partial charge on any atom is -0.308 e. The maximum atomic E-state index is 11.8. The Morgan fingerprint density at radius 2 is 1.81 bits per heavy atom. The molecule has 1 nitrogen and oxygen atoms in total. The van der Waals surface area contributed by atoms with E-state index in [-0.39, 0.29) is 0 Å². The van der Waals surface area contributed by atoms with Gasteiger partial charge in [-0.3, -0.25) is 0 Å². The van der Waals surface area contributed by atoms with Crippen LogP contribution < -0.4 is 5.32 Å². The molecular weight excluding hydrogens is 235 g/mol. The average molecular weight is 249 g/mol. The van der Waals surface area contributed by atoms with Crippen LogP contribution in [0.15, 0.2) is 29.2 Å². The molecular formula is C11H14F3NS. The summed E-state index contributed by atoms with van der Waals surface area (Å²) in [6, 6.07) is 7.93. The number of benzene rings is 1.